The van der Waals surface area contributed by atoms with Crippen molar-refractivity contribution in [2.75, 3.05) is 69.1 Å². The number of benzene rings is 4. The first-order chi connectivity index (χ1) is 41.8. The largest absolute Gasteiger partial charge is 0.455 e. The van der Waals surface area contributed by atoms with Crippen LogP contribution in [0.25, 0.3) is 16.6 Å². The van der Waals surface area contributed by atoms with Crippen molar-refractivity contribution in [1.82, 2.24) is 39.6 Å². The number of imide groups is 1. The number of ether oxygens (including phenoxy) is 1. The van der Waals surface area contributed by atoms with Gasteiger partial charge in [0.1, 0.15) is 28.9 Å². The minimum Gasteiger partial charge on any atom is -0.455 e. The van der Waals surface area contributed by atoms with E-state index >= 15 is 0 Å². The highest BCUT2D eigenvalue weighted by molar-refractivity contribution is 7.90. The number of pyridine rings is 1. The number of halogens is 1. The van der Waals surface area contributed by atoms with Crippen molar-refractivity contribution in [1.29, 1.82) is 0 Å². The number of sulfonamides is 1. The minimum absolute atomic E-state index is 0.0496. The van der Waals surface area contributed by atoms with Gasteiger partial charge in [0.15, 0.2) is 0 Å². The number of aromatic amines is 1. The molecule has 2 aliphatic carbocycles. The van der Waals surface area contributed by atoms with Crippen LogP contribution >= 0.6 is 11.6 Å². The topological polar surface area (TPSA) is 236 Å². The lowest BCUT2D eigenvalue weighted by molar-refractivity contribution is -0.384. The third-order valence-electron chi connectivity index (χ3n) is 18.7. The van der Waals surface area contributed by atoms with Crippen molar-refractivity contribution in [2.24, 2.45) is 11.3 Å². The maximum Gasteiger partial charge on any atom is 0.293 e. The second kappa shape index (κ2) is 24.8. The number of carbonyl (C=O) groups excluding carboxylic acids is 4. The van der Waals surface area contributed by atoms with Gasteiger partial charge in [-0.2, -0.15) is 0 Å². The van der Waals surface area contributed by atoms with Gasteiger partial charge in [-0.3, -0.25) is 49.3 Å². The molecule has 3 saturated heterocycles. The summed E-state index contributed by atoms with van der Waals surface area (Å²) in [4.78, 5) is 82.1. The number of nitrogens with one attached hydrogen (secondary N) is 4. The van der Waals surface area contributed by atoms with Crippen molar-refractivity contribution < 1.29 is 37.3 Å². The molecular weight excluding hydrogens is 1150 g/mol. The molecule has 4 fully saturated rings. The predicted molar refractivity (Wildman–Crippen MR) is 333 cm³/mol. The van der Waals surface area contributed by atoms with E-state index in [9.17, 15) is 37.7 Å². The predicted octanol–water partition coefficient (Wildman–Crippen LogP) is 9.76. The Balaban J connectivity index is 0.651. The second-order valence-corrected chi connectivity index (χ2v) is 27.3. The van der Waals surface area contributed by atoms with Crippen molar-refractivity contribution >= 4 is 78.9 Å². The highest BCUT2D eigenvalue weighted by Gasteiger charge is 2.40. The van der Waals surface area contributed by atoms with Crippen molar-refractivity contribution in [2.45, 2.75) is 115 Å². The minimum atomic E-state index is -4.63. The fourth-order valence-corrected chi connectivity index (χ4v) is 14.8. The number of piperazine rings is 2. The Morgan fingerprint density at radius 2 is 1.68 bits per heavy atom. The molecule has 1 saturated carbocycles. The number of rotatable bonds is 17. The summed E-state index contributed by atoms with van der Waals surface area (Å²) in [6, 6.07) is 26.5. The van der Waals surface area contributed by atoms with Crippen LogP contribution in [0.3, 0.4) is 0 Å². The fourth-order valence-electron chi connectivity index (χ4n) is 13.7. The first-order valence-corrected chi connectivity index (χ1v) is 32.2. The van der Waals surface area contributed by atoms with E-state index in [1.807, 2.05) is 30.3 Å². The Kier molecular flexibility index (Phi) is 17.0. The average molecular weight is 1220 g/mol. The highest BCUT2D eigenvalue weighted by Crippen LogP contribution is 2.44. The van der Waals surface area contributed by atoms with E-state index in [0.29, 0.717) is 61.6 Å². The summed E-state index contributed by atoms with van der Waals surface area (Å²) in [5.41, 5.74) is 8.08. The van der Waals surface area contributed by atoms with Crippen LogP contribution in [0, 0.1) is 21.4 Å². The summed E-state index contributed by atoms with van der Waals surface area (Å²) in [7, 11) is -4.63. The van der Waals surface area contributed by atoms with Gasteiger partial charge in [0.2, 0.25) is 11.8 Å². The molecule has 12 rings (SSSR count). The van der Waals surface area contributed by atoms with Crippen LogP contribution in [-0.4, -0.2) is 144 Å². The third kappa shape index (κ3) is 13.3. The zero-order valence-corrected chi connectivity index (χ0v) is 50.9. The smallest absolute Gasteiger partial charge is 0.293 e. The normalized spacial score (nSPS) is 22.3. The summed E-state index contributed by atoms with van der Waals surface area (Å²) in [5.74, 6) is -1.16. The zero-order chi connectivity index (χ0) is 60.7. The van der Waals surface area contributed by atoms with Gasteiger partial charge in [-0.15, -0.1) is 0 Å². The maximum absolute atomic E-state index is 14.2. The monoisotopic (exact) mass is 1220 g/mol. The number of nitro groups is 1. The Morgan fingerprint density at radius 3 is 2.44 bits per heavy atom. The van der Waals surface area contributed by atoms with Crippen LogP contribution in [0.2, 0.25) is 5.02 Å². The summed E-state index contributed by atoms with van der Waals surface area (Å²) in [6.07, 6.45) is 10.8. The van der Waals surface area contributed by atoms with Crippen LogP contribution in [-0.2, 0) is 32.7 Å². The molecule has 4 aromatic carbocycles. The number of amides is 4. The number of hydrogen-bond donors (Lipinski definition) is 4. The van der Waals surface area contributed by atoms with E-state index in [0.717, 1.165) is 124 Å². The third-order valence-corrected chi connectivity index (χ3v) is 20.3. The first-order valence-electron chi connectivity index (χ1n) is 30.3. The van der Waals surface area contributed by atoms with Crippen LogP contribution in [0.4, 0.5) is 17.1 Å². The molecule has 2 aromatic heterocycles. The average Bonchev–Trinajstić information content (AvgIpc) is 2.61. The molecule has 87 heavy (non-hydrogen) atoms. The number of piperidine rings is 1. The number of hydrogen-bond acceptors (Lipinski definition) is 15. The van der Waals surface area contributed by atoms with Crippen molar-refractivity contribution in [3.63, 3.8) is 0 Å². The Labute approximate surface area is 511 Å². The molecule has 456 valence electrons. The van der Waals surface area contributed by atoms with E-state index in [4.69, 9.17) is 16.3 Å². The Morgan fingerprint density at radius 1 is 0.885 bits per heavy atom. The molecule has 4 N–H and O–H groups in total. The lowest BCUT2D eigenvalue weighted by Crippen LogP contribution is -2.55. The van der Waals surface area contributed by atoms with Gasteiger partial charge in [-0.25, -0.2) is 18.1 Å². The molecule has 2 atom stereocenters. The van der Waals surface area contributed by atoms with E-state index in [1.165, 1.54) is 35.0 Å². The maximum atomic E-state index is 14.2. The van der Waals surface area contributed by atoms with E-state index in [1.54, 1.807) is 35.4 Å². The molecule has 0 bridgehead atoms. The quantitative estimate of drug-likeness (QED) is 0.0378. The van der Waals surface area contributed by atoms with E-state index in [2.05, 4.69) is 83.9 Å². The molecule has 22 heteroatoms. The number of nitrogens with zero attached hydrogens (tertiary/aromatic N) is 7. The summed E-state index contributed by atoms with van der Waals surface area (Å²) >= 11 is 6.28. The lowest BCUT2D eigenvalue weighted by atomic mass is 9.72. The number of fused-ring (bicyclic) bond motifs is 2. The molecule has 1 unspecified atom stereocenters. The van der Waals surface area contributed by atoms with Crippen LogP contribution < -0.4 is 25.0 Å². The van der Waals surface area contributed by atoms with Crippen molar-refractivity contribution in [3.8, 4) is 11.5 Å². The molecule has 4 aliphatic heterocycles. The van der Waals surface area contributed by atoms with Gasteiger partial charge in [0.05, 0.1) is 21.6 Å². The van der Waals surface area contributed by atoms with Gasteiger partial charge in [0.25, 0.3) is 27.5 Å². The van der Waals surface area contributed by atoms with Gasteiger partial charge in [-0.1, -0.05) is 55.3 Å². The number of allylic oxidation sites excluding steroid dienone is 1. The van der Waals surface area contributed by atoms with Crippen molar-refractivity contribution in [3.05, 3.63) is 152 Å². The number of carbonyl (C=O) groups is 4. The zero-order valence-electron chi connectivity index (χ0n) is 49.4. The summed E-state index contributed by atoms with van der Waals surface area (Å²) in [5, 5.41) is 19.7. The number of anilines is 2. The van der Waals surface area contributed by atoms with E-state index < -0.39 is 43.4 Å². The first kappa shape index (κ1) is 59.6. The molecule has 0 radical (unpaired) electrons. The van der Waals surface area contributed by atoms with Gasteiger partial charge >= 0.3 is 0 Å². The van der Waals surface area contributed by atoms with Crippen LogP contribution in [0.15, 0.2) is 114 Å². The molecule has 6 aliphatic rings. The molecular formula is C65H74ClN11O9S. The fraction of sp³-hybridized carbons (Fsp3) is 0.431. The van der Waals surface area contributed by atoms with E-state index in [-0.39, 0.29) is 46.6 Å². The SMILES string of the molecule is C[C@@H]1CN(C2CCC(CNc3ccc(S(=O)(=O)NC(=O)c4ccc(N5CCN(CC6=C(c7ccc(Cl)cc7)CC(C)(C)CC6)CC5)cc4Oc4cnc5[nH]ccc5c4)cc3[N+](=O)[O-])CC2)CCN1Cc1ccc2c(c1)CN(C1CCC(=O)NC1=O)C2=O. The lowest BCUT2D eigenvalue weighted by Gasteiger charge is -2.45. The molecule has 20 nitrogen and oxygen atoms in total. The number of H-pyrrole nitrogens is 1. The van der Waals surface area contributed by atoms with Crippen LogP contribution in [0.1, 0.15) is 116 Å². The molecule has 6 aromatic rings. The number of aromatic nitrogens is 2. The Hall–Kier alpha value is -7.69. The standard InChI is InChI=1S/C65H74ClN11O9S/c1-41-37-75(29-28-74(41)38-43-6-15-53-47(30-43)40-76(64(53)81)57-18-19-60(78)70-63(57)80)49-11-4-42(5-12-49)35-68-56-17-14-52(33-58(56)77(82)83)87(84,85)71-62(79)54-16-13-50(32-59(54)86-51-31-45-21-23-67-61(45)69-36-51)73-26-24-72(25-27-73)39-46-20-22-65(2,3)34-55(46)44-7-9-48(66)10-8-44/h6-10,13-17,21,23,30-33,36,41-42,49,57,68H,4-5,11-12,18-20,22,24-29,34-35,37-40H2,1-3H3,(H,67,69)(H,71,79)(H,70,78,80)/t41-,42?,49?,57?/m1/s1. The van der Waals surface area contributed by atoms with Gasteiger partial charge in [0, 0.05) is 130 Å². The van der Waals surface area contributed by atoms with Crippen LogP contribution in [0.5, 0.6) is 11.5 Å². The Bertz CT molecular complexity index is 3800. The second-order valence-electron chi connectivity index (χ2n) is 25.2. The van der Waals surface area contributed by atoms with Gasteiger partial charge in [-0.05, 0) is 146 Å². The summed E-state index contributed by atoms with van der Waals surface area (Å²) in [6.45, 7) is 15.1. The molecule has 0 spiro atoms. The molecule has 4 amide bonds. The number of nitro benzene ring substituents is 1. The highest BCUT2D eigenvalue weighted by atomic mass is 35.5. The molecule has 6 heterocycles. The summed E-state index contributed by atoms with van der Waals surface area (Å²) < 4.78 is 36.6. The van der Waals surface area contributed by atoms with Gasteiger partial charge < -0.3 is 24.8 Å².